The number of carbonyl (C=O) groups is 1. The van der Waals surface area contributed by atoms with Crippen molar-refractivity contribution in [2.75, 3.05) is 40.1 Å². The average Bonchev–Trinajstić information content (AvgIpc) is 2.61. The lowest BCUT2D eigenvalue weighted by molar-refractivity contribution is -0.136. The Labute approximate surface area is 149 Å². The van der Waals surface area contributed by atoms with Crippen LogP contribution >= 0.6 is 12.4 Å². The summed E-state index contributed by atoms with van der Waals surface area (Å²) in [6, 6.07) is 7.69. The van der Waals surface area contributed by atoms with Crippen LogP contribution in [0.5, 0.6) is 5.75 Å². The van der Waals surface area contributed by atoms with Crippen molar-refractivity contribution in [2.24, 2.45) is 11.1 Å². The highest BCUT2D eigenvalue weighted by molar-refractivity contribution is 5.85. The van der Waals surface area contributed by atoms with Crippen LogP contribution in [0.25, 0.3) is 0 Å². The summed E-state index contributed by atoms with van der Waals surface area (Å²) in [4.78, 5) is 12.5. The average molecular weight is 359 g/mol. The van der Waals surface area contributed by atoms with Gasteiger partial charge in [0.05, 0.1) is 12.0 Å². The molecule has 1 aromatic carbocycles. The fraction of sp³-hybridized carbons (Fsp3) is 0.588. The number of nitrogens with one attached hydrogen (secondary N) is 1. The highest BCUT2D eigenvalue weighted by Gasteiger charge is 2.38. The Bertz CT molecular complexity index is 507. The van der Waals surface area contributed by atoms with Crippen molar-refractivity contribution in [1.82, 2.24) is 5.32 Å². The van der Waals surface area contributed by atoms with Gasteiger partial charge in [-0.05, 0) is 30.5 Å². The predicted molar refractivity (Wildman–Crippen MR) is 94.4 cm³/mol. The van der Waals surface area contributed by atoms with Gasteiger partial charge in [-0.1, -0.05) is 12.1 Å². The summed E-state index contributed by atoms with van der Waals surface area (Å²) in [5.74, 6) is 0.780. The minimum Gasteiger partial charge on any atom is -0.491 e. The summed E-state index contributed by atoms with van der Waals surface area (Å²) >= 11 is 0. The largest absolute Gasteiger partial charge is 0.491 e. The molecule has 7 heteroatoms. The van der Waals surface area contributed by atoms with Crippen LogP contribution in [0.4, 0.5) is 0 Å². The summed E-state index contributed by atoms with van der Waals surface area (Å²) in [6.07, 6.45) is 1.35. The van der Waals surface area contributed by atoms with Crippen molar-refractivity contribution in [2.45, 2.75) is 19.4 Å². The topological polar surface area (TPSA) is 82.8 Å². The number of halogens is 1. The number of amides is 1. The Morgan fingerprint density at radius 2 is 2.08 bits per heavy atom. The third-order valence-electron chi connectivity index (χ3n) is 4.23. The minimum absolute atomic E-state index is 0. The highest BCUT2D eigenvalue weighted by Crippen LogP contribution is 2.29. The fourth-order valence-electron chi connectivity index (χ4n) is 2.64. The number of hydrogen-bond acceptors (Lipinski definition) is 5. The summed E-state index contributed by atoms with van der Waals surface area (Å²) in [5.41, 5.74) is 6.35. The highest BCUT2D eigenvalue weighted by atomic mass is 35.5. The Kier molecular flexibility index (Phi) is 9.07. The quantitative estimate of drug-likeness (QED) is 0.688. The number of benzene rings is 1. The zero-order chi connectivity index (χ0) is 16.5. The lowest BCUT2D eigenvalue weighted by Gasteiger charge is -2.34. The molecule has 0 unspecified atom stereocenters. The molecule has 0 spiro atoms. The van der Waals surface area contributed by atoms with Crippen LogP contribution in [0, 0.1) is 5.41 Å². The minimum atomic E-state index is -0.495. The van der Waals surface area contributed by atoms with Crippen LogP contribution in [0.2, 0.25) is 0 Å². The van der Waals surface area contributed by atoms with E-state index in [0.717, 1.165) is 11.3 Å². The molecule has 0 aromatic heterocycles. The van der Waals surface area contributed by atoms with Gasteiger partial charge in [0, 0.05) is 33.4 Å². The standard InChI is InChI=1S/C17H26N2O4.ClH/c1-21-9-10-23-15-4-2-3-14(11-15)12-19-16(20)17(13-18)5-7-22-8-6-17;/h2-4,11H,5-10,12-13,18H2,1H3,(H,19,20);1H. The van der Waals surface area contributed by atoms with E-state index in [9.17, 15) is 4.79 Å². The molecule has 0 radical (unpaired) electrons. The van der Waals surface area contributed by atoms with Crippen molar-refractivity contribution in [3.05, 3.63) is 29.8 Å². The molecule has 0 aliphatic carbocycles. The summed E-state index contributed by atoms with van der Waals surface area (Å²) in [7, 11) is 1.64. The van der Waals surface area contributed by atoms with Crippen molar-refractivity contribution in [1.29, 1.82) is 0 Å². The zero-order valence-electron chi connectivity index (χ0n) is 14.1. The zero-order valence-corrected chi connectivity index (χ0v) is 14.9. The molecule has 0 saturated carbocycles. The second kappa shape index (κ2) is 10.5. The summed E-state index contributed by atoms with van der Waals surface area (Å²) < 4.78 is 15.9. The number of rotatable bonds is 8. The van der Waals surface area contributed by atoms with Crippen LogP contribution < -0.4 is 15.8 Å². The third-order valence-corrected chi connectivity index (χ3v) is 4.23. The van der Waals surface area contributed by atoms with Crippen LogP contribution in [-0.4, -0.2) is 46.0 Å². The van der Waals surface area contributed by atoms with Crippen LogP contribution in [0.3, 0.4) is 0 Å². The summed E-state index contributed by atoms with van der Waals surface area (Å²) in [5, 5.41) is 3.00. The van der Waals surface area contributed by atoms with Gasteiger partial charge in [0.1, 0.15) is 12.4 Å². The molecule has 1 aliphatic heterocycles. The molecule has 1 aliphatic rings. The van der Waals surface area contributed by atoms with E-state index in [1.54, 1.807) is 7.11 Å². The van der Waals surface area contributed by atoms with Crippen LogP contribution in [0.15, 0.2) is 24.3 Å². The fourth-order valence-corrected chi connectivity index (χ4v) is 2.64. The van der Waals surface area contributed by atoms with Gasteiger partial charge in [-0.2, -0.15) is 0 Å². The Hall–Kier alpha value is -1.34. The van der Waals surface area contributed by atoms with Crippen molar-refractivity contribution in [3.8, 4) is 5.75 Å². The van der Waals surface area contributed by atoms with E-state index in [2.05, 4.69) is 5.32 Å². The smallest absolute Gasteiger partial charge is 0.227 e. The first-order valence-corrected chi connectivity index (χ1v) is 7.97. The van der Waals surface area contributed by atoms with Gasteiger partial charge in [0.15, 0.2) is 0 Å². The molecule has 3 N–H and O–H groups in total. The number of hydrogen-bond donors (Lipinski definition) is 2. The number of ether oxygens (including phenoxy) is 3. The first-order valence-electron chi connectivity index (χ1n) is 7.97. The Morgan fingerprint density at radius 3 is 2.75 bits per heavy atom. The number of nitrogens with two attached hydrogens (primary N) is 1. The van der Waals surface area contributed by atoms with Gasteiger partial charge in [-0.25, -0.2) is 0 Å². The maximum absolute atomic E-state index is 12.5. The SMILES string of the molecule is COCCOc1cccc(CNC(=O)C2(CN)CCOCC2)c1.Cl. The molecular formula is C17H27ClN2O4. The Morgan fingerprint density at radius 1 is 1.33 bits per heavy atom. The van der Waals surface area contributed by atoms with E-state index >= 15 is 0 Å². The van der Waals surface area contributed by atoms with Crippen molar-refractivity contribution in [3.63, 3.8) is 0 Å². The molecule has 136 valence electrons. The lowest BCUT2D eigenvalue weighted by atomic mass is 9.79. The van der Waals surface area contributed by atoms with E-state index < -0.39 is 5.41 Å². The number of methoxy groups -OCH3 is 1. The van der Waals surface area contributed by atoms with Crippen molar-refractivity contribution >= 4 is 18.3 Å². The molecule has 24 heavy (non-hydrogen) atoms. The van der Waals surface area contributed by atoms with Gasteiger partial charge < -0.3 is 25.3 Å². The maximum Gasteiger partial charge on any atom is 0.227 e. The monoisotopic (exact) mass is 358 g/mol. The third kappa shape index (κ3) is 5.63. The van der Waals surface area contributed by atoms with Gasteiger partial charge in [-0.3, -0.25) is 4.79 Å². The molecule has 1 amide bonds. The second-order valence-corrected chi connectivity index (χ2v) is 5.77. The second-order valence-electron chi connectivity index (χ2n) is 5.77. The lowest BCUT2D eigenvalue weighted by Crippen LogP contribution is -2.48. The van der Waals surface area contributed by atoms with E-state index in [4.69, 9.17) is 19.9 Å². The first-order chi connectivity index (χ1) is 11.2. The molecule has 1 aromatic rings. The van der Waals surface area contributed by atoms with Gasteiger partial charge in [-0.15, -0.1) is 12.4 Å². The maximum atomic E-state index is 12.5. The Balaban J connectivity index is 0.00000288. The molecule has 1 saturated heterocycles. The van der Waals surface area contributed by atoms with Gasteiger partial charge >= 0.3 is 0 Å². The van der Waals surface area contributed by atoms with Crippen LogP contribution in [-0.2, 0) is 20.8 Å². The van der Waals surface area contributed by atoms with E-state index in [1.165, 1.54) is 0 Å². The van der Waals surface area contributed by atoms with Crippen molar-refractivity contribution < 1.29 is 19.0 Å². The molecule has 2 rings (SSSR count). The molecule has 1 fully saturated rings. The van der Waals surface area contributed by atoms with E-state index in [1.807, 2.05) is 24.3 Å². The molecule has 1 heterocycles. The summed E-state index contributed by atoms with van der Waals surface area (Å²) in [6.45, 7) is 3.04. The predicted octanol–water partition coefficient (Wildman–Crippen LogP) is 1.51. The number of carbonyl (C=O) groups excluding carboxylic acids is 1. The molecule has 6 nitrogen and oxygen atoms in total. The first kappa shape index (κ1) is 20.7. The molecular weight excluding hydrogens is 332 g/mol. The molecule has 0 bridgehead atoms. The molecule has 0 atom stereocenters. The van der Waals surface area contributed by atoms with Crippen LogP contribution in [0.1, 0.15) is 18.4 Å². The van der Waals surface area contributed by atoms with Gasteiger partial charge in [0.2, 0.25) is 5.91 Å². The van der Waals surface area contributed by atoms with E-state index in [0.29, 0.717) is 52.4 Å². The van der Waals surface area contributed by atoms with Gasteiger partial charge in [0.25, 0.3) is 0 Å². The normalized spacial score (nSPS) is 16.1. The van der Waals surface area contributed by atoms with E-state index in [-0.39, 0.29) is 18.3 Å².